The molecule has 0 spiro atoms. The molecule has 28 heavy (non-hydrogen) atoms. The Kier molecular flexibility index (Phi) is 5.84. The quantitative estimate of drug-likeness (QED) is 0.312. The van der Waals surface area contributed by atoms with Gasteiger partial charge in [0.1, 0.15) is 11.8 Å². The third-order valence-electron chi connectivity index (χ3n) is 5.09. The largest absolute Gasteiger partial charge is 0.495 e. The Hall–Kier alpha value is -2.67. The molecule has 1 aliphatic heterocycles. The molecule has 1 fully saturated rings. The number of methoxy groups -OCH3 is 1. The zero-order chi connectivity index (χ0) is 20.4. The van der Waals surface area contributed by atoms with Crippen molar-refractivity contribution in [3.63, 3.8) is 0 Å². The number of halogens is 1. The zero-order valence-corrected chi connectivity index (χ0v) is 16.3. The molecule has 1 aromatic carbocycles. The third kappa shape index (κ3) is 3.67. The minimum atomic E-state index is -1.09. The minimum absolute atomic E-state index is 0.261. The van der Waals surface area contributed by atoms with Crippen molar-refractivity contribution in [2.75, 3.05) is 13.7 Å². The molecule has 148 valence electrons. The molecule has 0 aromatic heterocycles. The molecular weight excluding hydrogens is 386 g/mol. The number of esters is 1. The van der Waals surface area contributed by atoms with Crippen LogP contribution in [0.4, 0.5) is 0 Å². The first-order chi connectivity index (χ1) is 13.3. The Balaban J connectivity index is 1.61. The van der Waals surface area contributed by atoms with Gasteiger partial charge in [0.05, 0.1) is 24.0 Å². The molecule has 1 aliphatic carbocycles. The zero-order valence-electron chi connectivity index (χ0n) is 15.5. The summed E-state index contributed by atoms with van der Waals surface area (Å²) >= 11 is 5.99. The Labute approximate surface area is 167 Å². The number of likely N-dealkylation sites (tertiary alicyclic amines) is 1. The van der Waals surface area contributed by atoms with Crippen molar-refractivity contribution in [1.82, 2.24) is 4.90 Å². The van der Waals surface area contributed by atoms with E-state index in [1.165, 1.54) is 32.2 Å². The van der Waals surface area contributed by atoms with Gasteiger partial charge in [-0.3, -0.25) is 19.3 Å². The van der Waals surface area contributed by atoms with Crippen LogP contribution in [0, 0.1) is 11.8 Å². The molecule has 1 saturated heterocycles. The molecule has 0 bridgehead atoms. The van der Waals surface area contributed by atoms with Crippen molar-refractivity contribution in [2.45, 2.75) is 25.8 Å². The van der Waals surface area contributed by atoms with E-state index in [4.69, 9.17) is 21.1 Å². The summed E-state index contributed by atoms with van der Waals surface area (Å²) in [6, 6.07) is 3.38. The van der Waals surface area contributed by atoms with Gasteiger partial charge in [-0.25, -0.2) is 4.79 Å². The summed E-state index contributed by atoms with van der Waals surface area (Å²) in [5.74, 6) is -2.41. The Morgan fingerprint density at radius 1 is 1.18 bits per heavy atom. The van der Waals surface area contributed by atoms with Gasteiger partial charge in [-0.2, -0.15) is 0 Å². The Morgan fingerprint density at radius 3 is 2.32 bits per heavy atom. The summed E-state index contributed by atoms with van der Waals surface area (Å²) in [5.41, 5.74) is 0.261. The highest BCUT2D eigenvalue weighted by atomic mass is 35.5. The predicted octanol–water partition coefficient (Wildman–Crippen LogP) is 2.41. The van der Waals surface area contributed by atoms with Crippen molar-refractivity contribution in [3.05, 3.63) is 40.9 Å². The lowest BCUT2D eigenvalue weighted by Gasteiger charge is -2.21. The van der Waals surface area contributed by atoms with E-state index < -0.39 is 36.2 Å². The summed E-state index contributed by atoms with van der Waals surface area (Å²) in [6.45, 7) is 0.911. The lowest BCUT2D eigenvalue weighted by molar-refractivity contribution is -0.157. The number of carbonyl (C=O) groups excluding carboxylic acids is 4. The summed E-state index contributed by atoms with van der Waals surface area (Å²) in [6.07, 6.45) is 4.73. The highest BCUT2D eigenvalue weighted by Gasteiger charge is 2.50. The van der Waals surface area contributed by atoms with Crippen LogP contribution in [0.5, 0.6) is 5.75 Å². The van der Waals surface area contributed by atoms with Crippen molar-refractivity contribution in [2.24, 2.45) is 11.8 Å². The number of nitrogens with zero attached hydrogens (tertiary/aromatic N) is 1. The first kappa shape index (κ1) is 20.1. The number of hydrogen-bond donors (Lipinski definition) is 0. The first-order valence-corrected chi connectivity index (χ1v) is 9.28. The standard InChI is InChI=1S/C20H20ClNO6/c1-11(22-18(24)13-5-3-4-6-14(13)19(22)25)20(26)28-10-16(23)12-7-8-17(27-2)15(21)9-12/h3-4,7-9,11,13-14H,5-6,10H2,1-2H3/t11-,13-,14+/m0/s1. The normalized spacial score (nSPS) is 22.0. The topological polar surface area (TPSA) is 90.0 Å². The number of allylic oxidation sites excluding steroid dienone is 2. The fraction of sp³-hybridized carbons (Fsp3) is 0.400. The molecule has 2 amide bonds. The molecule has 0 N–H and O–H groups in total. The maximum Gasteiger partial charge on any atom is 0.329 e. The van der Waals surface area contributed by atoms with Crippen LogP contribution in [0.1, 0.15) is 30.1 Å². The van der Waals surface area contributed by atoms with Gasteiger partial charge in [0.25, 0.3) is 0 Å². The minimum Gasteiger partial charge on any atom is -0.495 e. The van der Waals surface area contributed by atoms with Crippen molar-refractivity contribution >= 4 is 35.2 Å². The summed E-state index contributed by atoms with van der Waals surface area (Å²) in [5, 5.41) is 0.262. The molecule has 7 nitrogen and oxygen atoms in total. The van der Waals surface area contributed by atoms with Gasteiger partial charge < -0.3 is 9.47 Å². The smallest absolute Gasteiger partial charge is 0.329 e. The number of carbonyl (C=O) groups is 4. The number of ether oxygens (including phenoxy) is 2. The van der Waals surface area contributed by atoms with Crippen LogP contribution >= 0.6 is 11.6 Å². The van der Waals surface area contributed by atoms with E-state index >= 15 is 0 Å². The molecule has 3 rings (SSSR count). The van der Waals surface area contributed by atoms with Crippen LogP contribution < -0.4 is 4.74 Å². The van der Waals surface area contributed by atoms with Crippen LogP contribution in [0.3, 0.4) is 0 Å². The van der Waals surface area contributed by atoms with Crippen molar-refractivity contribution < 1.29 is 28.7 Å². The second-order valence-electron chi connectivity index (χ2n) is 6.76. The highest BCUT2D eigenvalue weighted by Crippen LogP contribution is 2.36. The number of amides is 2. The monoisotopic (exact) mass is 405 g/mol. The molecule has 1 aromatic rings. The van der Waals surface area contributed by atoms with Crippen LogP contribution in [-0.2, 0) is 19.1 Å². The van der Waals surface area contributed by atoms with E-state index in [1.54, 1.807) is 0 Å². The second-order valence-corrected chi connectivity index (χ2v) is 7.17. The van der Waals surface area contributed by atoms with Crippen LogP contribution in [0.2, 0.25) is 5.02 Å². The van der Waals surface area contributed by atoms with E-state index in [9.17, 15) is 19.2 Å². The molecule has 3 atom stereocenters. The maximum absolute atomic E-state index is 12.5. The lowest BCUT2D eigenvalue weighted by Crippen LogP contribution is -2.44. The lowest BCUT2D eigenvalue weighted by atomic mass is 9.85. The summed E-state index contributed by atoms with van der Waals surface area (Å²) in [7, 11) is 1.46. The summed E-state index contributed by atoms with van der Waals surface area (Å²) in [4.78, 5) is 50.6. The predicted molar refractivity (Wildman–Crippen MR) is 100.0 cm³/mol. The highest BCUT2D eigenvalue weighted by molar-refractivity contribution is 6.32. The maximum atomic E-state index is 12.5. The van der Waals surface area contributed by atoms with Crippen LogP contribution in [0.15, 0.2) is 30.4 Å². The second kappa shape index (κ2) is 8.14. The number of ketones is 1. The van der Waals surface area contributed by atoms with Crippen LogP contribution in [-0.4, -0.2) is 48.2 Å². The van der Waals surface area contributed by atoms with Crippen molar-refractivity contribution in [3.8, 4) is 5.75 Å². The summed E-state index contributed by atoms with van der Waals surface area (Å²) < 4.78 is 10.1. The fourth-order valence-electron chi connectivity index (χ4n) is 3.49. The number of imide groups is 1. The molecular formula is C20H20ClNO6. The van der Waals surface area contributed by atoms with Crippen LogP contribution in [0.25, 0.3) is 0 Å². The van der Waals surface area contributed by atoms with E-state index in [2.05, 4.69) is 0 Å². The van der Waals surface area contributed by atoms with Gasteiger partial charge in [0.2, 0.25) is 11.8 Å². The molecule has 1 heterocycles. The number of fused-ring (bicyclic) bond motifs is 1. The van der Waals surface area contributed by atoms with E-state index in [0.29, 0.717) is 18.6 Å². The number of Topliss-reactive ketones (excluding diaryl/α,β-unsaturated/α-hetero) is 1. The van der Waals surface area contributed by atoms with E-state index in [-0.39, 0.29) is 22.4 Å². The first-order valence-electron chi connectivity index (χ1n) is 8.90. The van der Waals surface area contributed by atoms with Gasteiger partial charge in [-0.15, -0.1) is 0 Å². The van der Waals surface area contributed by atoms with Gasteiger partial charge in [-0.1, -0.05) is 23.8 Å². The Morgan fingerprint density at radius 2 is 1.79 bits per heavy atom. The van der Waals surface area contributed by atoms with E-state index in [1.807, 2.05) is 12.2 Å². The average molecular weight is 406 g/mol. The third-order valence-corrected chi connectivity index (χ3v) is 5.38. The fourth-order valence-corrected chi connectivity index (χ4v) is 3.75. The number of benzene rings is 1. The number of rotatable bonds is 6. The number of hydrogen-bond acceptors (Lipinski definition) is 6. The SMILES string of the molecule is COc1ccc(C(=O)COC(=O)[C@H](C)N2C(=O)[C@H]3CC=CC[C@H]3C2=O)cc1Cl. The Bertz CT molecular complexity index is 838. The van der Waals surface area contributed by atoms with E-state index in [0.717, 1.165) is 4.90 Å². The molecule has 8 heteroatoms. The average Bonchev–Trinajstić information content (AvgIpc) is 2.96. The van der Waals surface area contributed by atoms with Crippen molar-refractivity contribution in [1.29, 1.82) is 0 Å². The van der Waals surface area contributed by atoms with Gasteiger partial charge >= 0.3 is 5.97 Å². The van der Waals surface area contributed by atoms with Gasteiger partial charge in [0.15, 0.2) is 12.4 Å². The molecule has 2 aliphatic rings. The molecule has 0 radical (unpaired) electrons. The van der Waals surface area contributed by atoms with Gasteiger partial charge in [-0.05, 0) is 38.0 Å². The van der Waals surface area contributed by atoms with Gasteiger partial charge in [0, 0.05) is 5.56 Å². The molecule has 0 saturated carbocycles. The molecule has 0 unspecified atom stereocenters.